The third-order valence-electron chi connectivity index (χ3n) is 7.26. The number of benzene rings is 4. The first-order valence-corrected chi connectivity index (χ1v) is 21.7. The predicted molar refractivity (Wildman–Crippen MR) is 202 cm³/mol. The van der Waals surface area contributed by atoms with Gasteiger partial charge in [-0.15, -0.1) is 10.2 Å². The molecule has 1 heterocycles. The number of nitrogens with zero attached hydrogens (tertiary/aromatic N) is 7. The van der Waals surface area contributed by atoms with E-state index in [1.807, 2.05) is 0 Å². The first-order chi connectivity index (χ1) is 25.7. The molecule has 0 aliphatic heterocycles. The smallest absolute Gasteiger partial charge is 0.870 e. The van der Waals surface area contributed by atoms with Crippen molar-refractivity contribution in [3.8, 4) is 5.75 Å². The average molecular weight is 985 g/mol. The number of hydrogen-bond acceptors (Lipinski definition) is 17. The summed E-state index contributed by atoms with van der Waals surface area (Å²) in [5, 5.41) is 35.2. The van der Waals surface area contributed by atoms with E-state index in [-0.39, 0.29) is 57.8 Å². The standard InChI is InChI=1S/C30H25Br2ClN8O11S3.Na/c1-2-41(17-6-4-3-5-7-17)30-37-28(33)36-29(38-30)35-21-13-18(53(44,45)46)10-15-11-23(55(50,51)52)25(26(42)24(15)21)40-39-20-12-16(34-27(43)19(32)14-31)8-9-22(20)54(47,48)49;/h3-13,19,42H,2,14H2,1H3,(H,34,43)(H,44,45,46)(H,47,48,49)(H,50,51,52)(H,35,36,37,38);/q;+1/p-3. The van der Waals surface area contributed by atoms with E-state index < -0.39 is 89.3 Å². The molecule has 56 heavy (non-hydrogen) atoms. The maximum atomic E-state index is 14.1. The summed E-state index contributed by atoms with van der Waals surface area (Å²) in [5.74, 6) is -2.43. The molecule has 19 nitrogen and oxygen atoms in total. The minimum absolute atomic E-state index is 0. The Balaban J connectivity index is 0.00000696. The minimum atomic E-state index is -5.40. The van der Waals surface area contributed by atoms with E-state index in [9.17, 15) is 49.1 Å². The molecule has 26 heteroatoms. The Morgan fingerprint density at radius 3 is 2.20 bits per heavy atom. The number of alkyl halides is 2. The molecule has 0 bridgehead atoms. The van der Waals surface area contributed by atoms with Crippen LogP contribution in [0.3, 0.4) is 0 Å². The van der Waals surface area contributed by atoms with Gasteiger partial charge in [-0.05, 0) is 83.7 Å². The number of anilines is 4. The number of aromatic nitrogens is 3. The van der Waals surface area contributed by atoms with Gasteiger partial charge < -0.3 is 25.0 Å². The quantitative estimate of drug-likeness (QED) is 0.0380. The average Bonchev–Trinajstić information content (AvgIpc) is 3.09. The molecule has 0 fully saturated rings. The molecule has 4 aromatic carbocycles. The van der Waals surface area contributed by atoms with Crippen LogP contribution >= 0.6 is 43.5 Å². The molecule has 0 amide bonds. The van der Waals surface area contributed by atoms with E-state index in [1.54, 1.807) is 42.2 Å². The van der Waals surface area contributed by atoms with Crippen molar-refractivity contribution < 1.29 is 78.7 Å². The molecule has 0 saturated heterocycles. The fourth-order valence-electron chi connectivity index (χ4n) is 4.90. The zero-order valence-corrected chi connectivity index (χ0v) is 36.8. The SMILES string of the molecule is CCN(c1ccccc1)c1nc(Cl)nc(Nc2cc(S(=O)(=O)[O-])cc3cc(S(=O)(=O)O)c(N=Nc4cc(N=C([O-])C(Br)CBr)ccc4S(=O)(=O)O)c([O-])c23)n1.[Na+]. The van der Waals surface area contributed by atoms with Gasteiger partial charge in [-0.3, -0.25) is 14.1 Å². The third kappa shape index (κ3) is 10.6. The second kappa shape index (κ2) is 18.0. The van der Waals surface area contributed by atoms with E-state index in [1.165, 1.54) is 0 Å². The van der Waals surface area contributed by atoms with Gasteiger partial charge in [0.25, 0.3) is 20.2 Å². The normalized spacial score (nSPS) is 13.1. The van der Waals surface area contributed by atoms with Crippen LogP contribution in [0.15, 0.2) is 96.6 Å². The van der Waals surface area contributed by atoms with Crippen molar-refractivity contribution in [3.63, 3.8) is 0 Å². The van der Waals surface area contributed by atoms with E-state index in [2.05, 4.69) is 67.3 Å². The Morgan fingerprint density at radius 2 is 1.61 bits per heavy atom. The number of rotatable bonds is 13. The van der Waals surface area contributed by atoms with Crippen molar-refractivity contribution in [1.82, 2.24) is 15.0 Å². The number of halogens is 3. The second-order valence-electron chi connectivity index (χ2n) is 10.9. The molecule has 0 aliphatic rings. The number of fused-ring (bicyclic) bond motifs is 1. The van der Waals surface area contributed by atoms with Gasteiger partial charge in [0.1, 0.15) is 25.6 Å². The maximum Gasteiger partial charge on any atom is 1.00 e. The Hall–Kier alpha value is -3.40. The van der Waals surface area contributed by atoms with Gasteiger partial charge in [0, 0.05) is 23.2 Å². The molecule has 0 spiro atoms. The molecule has 5 aromatic rings. The Morgan fingerprint density at radius 1 is 0.946 bits per heavy atom. The van der Waals surface area contributed by atoms with Crippen molar-refractivity contribution in [1.29, 1.82) is 0 Å². The first kappa shape index (κ1) is 45.3. The van der Waals surface area contributed by atoms with Crippen molar-refractivity contribution in [3.05, 3.63) is 72.0 Å². The Labute approximate surface area is 362 Å². The molecule has 1 aromatic heterocycles. The first-order valence-electron chi connectivity index (χ1n) is 15.0. The van der Waals surface area contributed by atoms with Crippen molar-refractivity contribution in [2.24, 2.45) is 15.2 Å². The molecule has 0 aliphatic carbocycles. The molecule has 0 saturated carbocycles. The van der Waals surface area contributed by atoms with E-state index in [0.717, 1.165) is 24.3 Å². The van der Waals surface area contributed by atoms with Crippen molar-refractivity contribution in [2.75, 3.05) is 22.1 Å². The summed E-state index contributed by atoms with van der Waals surface area (Å²) in [7, 11) is -15.7. The molecular weight excluding hydrogens is 963 g/mol. The number of azo groups is 1. The van der Waals surface area contributed by atoms with Crippen LogP contribution in [0.4, 0.5) is 40.3 Å². The summed E-state index contributed by atoms with van der Waals surface area (Å²) in [6, 6.07) is 13.6. The molecule has 5 rings (SSSR count). The van der Waals surface area contributed by atoms with E-state index >= 15 is 0 Å². The number of hydrogen-bond donors (Lipinski definition) is 3. The molecule has 3 N–H and O–H groups in total. The number of para-hydroxylation sites is 1. The van der Waals surface area contributed by atoms with Crippen LogP contribution in [0.1, 0.15) is 6.92 Å². The largest absolute Gasteiger partial charge is 1.00 e. The summed E-state index contributed by atoms with van der Waals surface area (Å²) >= 11 is 12.4. The maximum absolute atomic E-state index is 14.1. The summed E-state index contributed by atoms with van der Waals surface area (Å²) in [5.41, 5.74) is -1.88. The van der Waals surface area contributed by atoms with Gasteiger partial charge in [0.15, 0.2) is 0 Å². The fourth-order valence-corrected chi connectivity index (χ4v) is 7.23. The Bertz CT molecular complexity index is 2720. The van der Waals surface area contributed by atoms with Crippen LogP contribution in [0.25, 0.3) is 10.8 Å². The van der Waals surface area contributed by atoms with Gasteiger partial charge in [-0.25, -0.2) is 8.42 Å². The van der Waals surface area contributed by atoms with Gasteiger partial charge in [-0.1, -0.05) is 55.8 Å². The monoisotopic (exact) mass is 982 g/mol. The van der Waals surface area contributed by atoms with Crippen LogP contribution in [-0.2, 0) is 30.4 Å². The van der Waals surface area contributed by atoms with Gasteiger partial charge in [0.2, 0.25) is 17.2 Å². The summed E-state index contributed by atoms with van der Waals surface area (Å²) < 4.78 is 106. The number of nitrogens with one attached hydrogen (secondary N) is 1. The molecular formula is C30H22Br2ClN8NaO11S3-2. The van der Waals surface area contributed by atoms with Crippen LogP contribution in [0, 0.1) is 0 Å². The topological polar surface area (TPSA) is 303 Å². The summed E-state index contributed by atoms with van der Waals surface area (Å²) in [6.45, 7) is 2.11. The van der Waals surface area contributed by atoms with Gasteiger partial charge in [0.05, 0.1) is 21.1 Å². The second-order valence-corrected chi connectivity index (χ2v) is 17.1. The molecule has 290 valence electrons. The van der Waals surface area contributed by atoms with Crippen LogP contribution in [0.5, 0.6) is 5.75 Å². The summed E-state index contributed by atoms with van der Waals surface area (Å²) in [6.07, 6.45) is 0. The van der Waals surface area contributed by atoms with Crippen LogP contribution < -0.4 is 50.0 Å². The molecule has 1 unspecified atom stereocenters. The number of aliphatic imine (C=N–C) groups is 1. The molecule has 1 atom stereocenters. The van der Waals surface area contributed by atoms with Crippen LogP contribution in [-0.4, -0.2) is 76.5 Å². The summed E-state index contributed by atoms with van der Waals surface area (Å²) in [4.78, 5) is 14.0. The zero-order valence-electron chi connectivity index (χ0n) is 28.4. The predicted octanol–water partition coefficient (Wildman–Crippen LogP) is 2.02. The third-order valence-corrected chi connectivity index (χ3v) is 12.2. The van der Waals surface area contributed by atoms with Crippen molar-refractivity contribution in [2.45, 2.75) is 26.4 Å². The van der Waals surface area contributed by atoms with Crippen molar-refractivity contribution >= 4 is 131 Å². The van der Waals surface area contributed by atoms with E-state index in [4.69, 9.17) is 11.6 Å². The Kier molecular flexibility index (Phi) is 14.6. The minimum Gasteiger partial charge on any atom is -0.870 e. The zero-order chi connectivity index (χ0) is 40.5. The van der Waals surface area contributed by atoms with Gasteiger partial charge in [-0.2, -0.15) is 31.8 Å². The molecule has 0 radical (unpaired) electrons. The fraction of sp³-hybridized carbons (Fsp3) is 0.133. The van der Waals surface area contributed by atoms with Gasteiger partial charge >= 0.3 is 29.6 Å². The van der Waals surface area contributed by atoms with E-state index in [0.29, 0.717) is 24.4 Å². The van der Waals surface area contributed by atoms with Crippen LogP contribution in [0.2, 0.25) is 5.28 Å².